The van der Waals surface area contributed by atoms with Crippen LogP contribution >= 0.6 is 0 Å². The summed E-state index contributed by atoms with van der Waals surface area (Å²) in [5.74, 6) is 0.908. The minimum absolute atomic E-state index is 0.213. The van der Waals surface area contributed by atoms with Crippen molar-refractivity contribution in [1.29, 1.82) is 0 Å². The Labute approximate surface area is 189 Å². The van der Waals surface area contributed by atoms with Crippen LogP contribution in [0.3, 0.4) is 0 Å². The second-order valence-electron chi connectivity index (χ2n) is 7.73. The minimum atomic E-state index is -3.59. The SMILES string of the molecule is CCOC(=O)N1c2cc(OC)c(OC)cc2[C@@H](N(Cc2ccccc2)S(C)(=O)=O)C[C@H]1C. The third-order valence-corrected chi connectivity index (χ3v) is 6.81. The first-order valence-electron chi connectivity index (χ1n) is 10.4. The highest BCUT2D eigenvalue weighted by atomic mass is 32.2. The molecule has 9 heteroatoms. The molecule has 174 valence electrons. The molecule has 2 aromatic rings. The molecule has 0 saturated carbocycles. The Morgan fingerprint density at radius 1 is 1.12 bits per heavy atom. The highest BCUT2D eigenvalue weighted by Crippen LogP contribution is 2.46. The number of benzene rings is 2. The first-order chi connectivity index (χ1) is 15.2. The number of nitrogens with zero attached hydrogens (tertiary/aromatic N) is 2. The fraction of sp³-hybridized carbons (Fsp3) is 0.435. The van der Waals surface area contributed by atoms with Crippen molar-refractivity contribution in [2.75, 3.05) is 32.0 Å². The molecule has 0 unspecified atom stereocenters. The fourth-order valence-corrected chi connectivity index (χ4v) is 5.16. The molecule has 8 nitrogen and oxygen atoms in total. The lowest BCUT2D eigenvalue weighted by Crippen LogP contribution is -2.47. The molecule has 1 amide bonds. The zero-order chi connectivity index (χ0) is 23.5. The van der Waals surface area contributed by atoms with Crippen molar-refractivity contribution in [2.45, 2.75) is 38.9 Å². The summed E-state index contributed by atoms with van der Waals surface area (Å²) >= 11 is 0. The normalized spacial score (nSPS) is 18.2. The number of carbonyl (C=O) groups is 1. The predicted molar refractivity (Wildman–Crippen MR) is 123 cm³/mol. The average Bonchev–Trinajstić information content (AvgIpc) is 2.76. The molecule has 1 aliphatic rings. The maximum Gasteiger partial charge on any atom is 0.414 e. The van der Waals surface area contributed by atoms with E-state index in [1.54, 1.807) is 24.0 Å². The number of methoxy groups -OCH3 is 2. The Morgan fingerprint density at radius 3 is 2.31 bits per heavy atom. The number of carbonyl (C=O) groups excluding carboxylic acids is 1. The van der Waals surface area contributed by atoms with Gasteiger partial charge in [-0.25, -0.2) is 13.2 Å². The van der Waals surface area contributed by atoms with Crippen LogP contribution < -0.4 is 14.4 Å². The Balaban J connectivity index is 2.17. The lowest BCUT2D eigenvalue weighted by Gasteiger charge is -2.42. The monoisotopic (exact) mass is 462 g/mol. The van der Waals surface area contributed by atoms with E-state index >= 15 is 0 Å². The Kier molecular flexibility index (Phi) is 7.30. The molecule has 0 spiro atoms. The van der Waals surface area contributed by atoms with Gasteiger partial charge in [-0.15, -0.1) is 0 Å². The smallest absolute Gasteiger partial charge is 0.414 e. The summed E-state index contributed by atoms with van der Waals surface area (Å²) in [6.45, 7) is 4.07. The van der Waals surface area contributed by atoms with Crippen molar-refractivity contribution >= 4 is 21.8 Å². The van der Waals surface area contributed by atoms with Gasteiger partial charge < -0.3 is 14.2 Å². The molecule has 0 bridgehead atoms. The third-order valence-electron chi connectivity index (χ3n) is 5.58. The van der Waals surface area contributed by atoms with E-state index < -0.39 is 22.2 Å². The number of rotatable bonds is 7. The van der Waals surface area contributed by atoms with E-state index in [0.717, 1.165) is 5.56 Å². The number of hydrogen-bond donors (Lipinski definition) is 0. The second-order valence-corrected chi connectivity index (χ2v) is 9.66. The lowest BCUT2D eigenvalue weighted by molar-refractivity contribution is 0.154. The third kappa shape index (κ3) is 4.83. The van der Waals surface area contributed by atoms with E-state index in [2.05, 4.69) is 0 Å². The maximum atomic E-state index is 12.9. The molecule has 32 heavy (non-hydrogen) atoms. The fourth-order valence-electron chi connectivity index (χ4n) is 4.12. The summed E-state index contributed by atoms with van der Waals surface area (Å²) < 4.78 is 43.5. The molecule has 0 aromatic heterocycles. The van der Waals surface area contributed by atoms with Gasteiger partial charge in [0.15, 0.2) is 11.5 Å². The van der Waals surface area contributed by atoms with Crippen LogP contribution in [-0.2, 0) is 21.3 Å². The molecule has 0 radical (unpaired) electrons. The zero-order valence-corrected chi connectivity index (χ0v) is 19.9. The molecular formula is C23H30N2O6S. The van der Waals surface area contributed by atoms with Crippen LogP contribution in [0, 0.1) is 0 Å². The number of fused-ring (bicyclic) bond motifs is 1. The van der Waals surface area contributed by atoms with Crippen LogP contribution in [0.25, 0.3) is 0 Å². The number of ether oxygens (including phenoxy) is 3. The van der Waals surface area contributed by atoms with Crippen molar-refractivity contribution in [2.24, 2.45) is 0 Å². The number of amides is 1. The van der Waals surface area contributed by atoms with E-state index in [1.165, 1.54) is 24.8 Å². The van der Waals surface area contributed by atoms with Gasteiger partial charge in [0.25, 0.3) is 0 Å². The molecule has 0 aliphatic carbocycles. The van der Waals surface area contributed by atoms with Gasteiger partial charge in [0.1, 0.15) is 0 Å². The molecule has 0 N–H and O–H groups in total. The van der Waals surface area contributed by atoms with Crippen molar-refractivity contribution in [3.63, 3.8) is 0 Å². The van der Waals surface area contributed by atoms with Crippen LogP contribution in [0.1, 0.15) is 37.4 Å². The van der Waals surface area contributed by atoms with Gasteiger partial charge in [-0.3, -0.25) is 4.90 Å². The van der Waals surface area contributed by atoms with Crippen LogP contribution in [0.5, 0.6) is 11.5 Å². The van der Waals surface area contributed by atoms with E-state index in [9.17, 15) is 13.2 Å². The standard InChI is InChI=1S/C23H30N2O6S/c1-6-31-23(26)25-16(2)12-19(18-13-21(29-3)22(30-4)14-20(18)25)24(32(5,27)28)15-17-10-8-7-9-11-17/h7-11,13-14,16,19H,6,12,15H2,1-5H3/t16-,19+/m1/s1. The summed E-state index contributed by atoms with van der Waals surface area (Å²) in [4.78, 5) is 14.3. The van der Waals surface area contributed by atoms with Gasteiger partial charge in [-0.05, 0) is 37.5 Å². The summed E-state index contributed by atoms with van der Waals surface area (Å²) in [7, 11) is -0.551. The highest BCUT2D eigenvalue weighted by Gasteiger charge is 2.41. The molecule has 2 atom stereocenters. The average molecular weight is 463 g/mol. The van der Waals surface area contributed by atoms with Crippen LogP contribution in [-0.4, -0.2) is 51.9 Å². The minimum Gasteiger partial charge on any atom is -0.493 e. The summed E-state index contributed by atoms with van der Waals surface area (Å²) in [6.07, 6.45) is 1.13. The van der Waals surface area contributed by atoms with Crippen LogP contribution in [0.15, 0.2) is 42.5 Å². The predicted octanol–water partition coefficient (Wildman–Crippen LogP) is 3.96. The number of sulfonamides is 1. The lowest BCUT2D eigenvalue weighted by atomic mass is 9.91. The molecule has 1 aliphatic heterocycles. The number of anilines is 1. The van der Waals surface area contributed by atoms with E-state index in [-0.39, 0.29) is 19.2 Å². The van der Waals surface area contributed by atoms with Gasteiger partial charge in [0.2, 0.25) is 10.0 Å². The van der Waals surface area contributed by atoms with Crippen molar-refractivity contribution in [1.82, 2.24) is 4.31 Å². The first kappa shape index (κ1) is 23.9. The largest absolute Gasteiger partial charge is 0.493 e. The zero-order valence-electron chi connectivity index (χ0n) is 19.1. The van der Waals surface area contributed by atoms with Gasteiger partial charge >= 0.3 is 6.09 Å². The Hall–Kier alpha value is -2.78. The van der Waals surface area contributed by atoms with Crippen LogP contribution in [0.2, 0.25) is 0 Å². The van der Waals surface area contributed by atoms with Gasteiger partial charge in [0.05, 0.1) is 38.8 Å². The second kappa shape index (κ2) is 9.79. The number of hydrogen-bond acceptors (Lipinski definition) is 6. The highest BCUT2D eigenvalue weighted by molar-refractivity contribution is 7.88. The van der Waals surface area contributed by atoms with E-state index in [0.29, 0.717) is 29.2 Å². The maximum absolute atomic E-state index is 12.9. The summed E-state index contributed by atoms with van der Waals surface area (Å²) in [6, 6.07) is 12.1. The van der Waals surface area contributed by atoms with E-state index in [4.69, 9.17) is 14.2 Å². The quantitative estimate of drug-likeness (QED) is 0.619. The van der Waals surface area contributed by atoms with Crippen LogP contribution in [0.4, 0.5) is 10.5 Å². The first-order valence-corrected chi connectivity index (χ1v) is 12.3. The Morgan fingerprint density at radius 2 is 1.75 bits per heavy atom. The van der Waals surface area contributed by atoms with Gasteiger partial charge in [-0.2, -0.15) is 4.31 Å². The van der Waals surface area contributed by atoms with Gasteiger partial charge in [0, 0.05) is 18.7 Å². The molecular weight excluding hydrogens is 432 g/mol. The molecule has 0 saturated heterocycles. The summed E-state index contributed by atoms with van der Waals surface area (Å²) in [5.41, 5.74) is 2.09. The molecule has 1 heterocycles. The summed E-state index contributed by atoms with van der Waals surface area (Å²) in [5, 5.41) is 0. The molecule has 0 fully saturated rings. The van der Waals surface area contributed by atoms with Crippen molar-refractivity contribution < 1.29 is 27.4 Å². The van der Waals surface area contributed by atoms with Crippen molar-refractivity contribution in [3.8, 4) is 11.5 Å². The Bertz CT molecular complexity index is 1060. The molecule has 3 rings (SSSR count). The topological polar surface area (TPSA) is 85.4 Å². The van der Waals surface area contributed by atoms with E-state index in [1.807, 2.05) is 37.3 Å². The molecule has 2 aromatic carbocycles. The van der Waals surface area contributed by atoms with Crippen molar-refractivity contribution in [3.05, 3.63) is 53.6 Å². The van der Waals surface area contributed by atoms with Gasteiger partial charge in [-0.1, -0.05) is 30.3 Å².